The largest absolute Gasteiger partial charge is 0.332 e. The van der Waals surface area contributed by atoms with E-state index in [2.05, 4.69) is 24.4 Å². The van der Waals surface area contributed by atoms with E-state index in [1.165, 1.54) is 5.56 Å². The van der Waals surface area contributed by atoms with E-state index in [0.29, 0.717) is 24.3 Å². The van der Waals surface area contributed by atoms with Crippen LogP contribution in [0, 0.1) is 18.3 Å². The molecule has 0 radical (unpaired) electrons. The maximum atomic E-state index is 13.5. The van der Waals surface area contributed by atoms with E-state index in [9.17, 15) is 9.59 Å². The lowest BCUT2D eigenvalue weighted by atomic mass is 10.2. The highest BCUT2D eigenvalue weighted by atomic mass is 32.1. The molecule has 0 aliphatic heterocycles. The van der Waals surface area contributed by atoms with E-state index in [1.807, 2.05) is 40.6 Å². The summed E-state index contributed by atoms with van der Waals surface area (Å²) in [4.78, 5) is 31.1. The fourth-order valence-corrected chi connectivity index (χ4v) is 4.56. The first-order chi connectivity index (χ1) is 16.0. The van der Waals surface area contributed by atoms with Crippen molar-refractivity contribution in [3.8, 4) is 6.07 Å². The minimum Gasteiger partial charge on any atom is -0.332 e. The molecule has 1 fully saturated rings. The summed E-state index contributed by atoms with van der Waals surface area (Å²) in [6.07, 6.45) is 1.78. The van der Waals surface area contributed by atoms with Gasteiger partial charge in [0.2, 0.25) is 5.91 Å². The predicted octanol–water partition coefficient (Wildman–Crippen LogP) is 5.15. The Labute approximate surface area is 198 Å². The van der Waals surface area contributed by atoms with E-state index in [4.69, 9.17) is 5.26 Å². The zero-order valence-corrected chi connectivity index (χ0v) is 19.3. The first kappa shape index (κ1) is 22.6. The second kappa shape index (κ2) is 10.3. The molecule has 3 amide bonds. The molecule has 0 bridgehead atoms. The molecule has 1 heterocycles. The Morgan fingerprint density at radius 2 is 1.88 bits per heavy atom. The number of hydrogen-bond acceptors (Lipinski definition) is 4. The second-order valence-electron chi connectivity index (χ2n) is 8.24. The molecule has 1 saturated carbocycles. The fraction of sp³-hybridized carbons (Fsp3) is 0.269. The van der Waals surface area contributed by atoms with Crippen molar-refractivity contribution < 1.29 is 9.59 Å². The summed E-state index contributed by atoms with van der Waals surface area (Å²) in [6.45, 7) is 3.07. The van der Waals surface area contributed by atoms with Gasteiger partial charge in [0.1, 0.15) is 6.54 Å². The predicted molar refractivity (Wildman–Crippen MR) is 130 cm³/mol. The zero-order valence-electron chi connectivity index (χ0n) is 18.5. The summed E-state index contributed by atoms with van der Waals surface area (Å²) >= 11 is 1.64. The van der Waals surface area contributed by atoms with Crippen molar-refractivity contribution in [1.82, 2.24) is 9.80 Å². The van der Waals surface area contributed by atoms with Gasteiger partial charge >= 0.3 is 6.03 Å². The van der Waals surface area contributed by atoms with Gasteiger partial charge < -0.3 is 15.1 Å². The maximum Gasteiger partial charge on any atom is 0.322 e. The Morgan fingerprint density at radius 1 is 1.09 bits per heavy atom. The van der Waals surface area contributed by atoms with E-state index < -0.39 is 0 Å². The molecule has 4 rings (SSSR count). The number of carbonyl (C=O) groups excluding carboxylic acids is 2. The average molecular weight is 459 g/mol. The maximum absolute atomic E-state index is 13.5. The van der Waals surface area contributed by atoms with Crippen LogP contribution in [0.2, 0.25) is 0 Å². The molecular formula is C26H26N4O2S. The van der Waals surface area contributed by atoms with Crippen LogP contribution in [-0.2, 0) is 17.9 Å². The molecule has 0 unspecified atom stereocenters. The fourth-order valence-electron chi connectivity index (χ4n) is 3.64. The summed E-state index contributed by atoms with van der Waals surface area (Å²) in [6, 6.07) is 20.6. The van der Waals surface area contributed by atoms with E-state index in [1.54, 1.807) is 40.5 Å². The van der Waals surface area contributed by atoms with Crippen molar-refractivity contribution in [1.29, 1.82) is 5.26 Å². The molecule has 0 atom stereocenters. The van der Waals surface area contributed by atoms with E-state index in [-0.39, 0.29) is 24.5 Å². The average Bonchev–Trinajstić information content (AvgIpc) is 3.59. The van der Waals surface area contributed by atoms with Gasteiger partial charge in [-0.15, -0.1) is 11.3 Å². The molecule has 1 aliphatic carbocycles. The number of thiophene rings is 1. The second-order valence-corrected chi connectivity index (χ2v) is 9.24. The van der Waals surface area contributed by atoms with Gasteiger partial charge in [0.15, 0.2) is 0 Å². The molecule has 7 heteroatoms. The Bertz CT molecular complexity index is 1160. The summed E-state index contributed by atoms with van der Waals surface area (Å²) in [5, 5.41) is 14.0. The molecule has 0 spiro atoms. The zero-order chi connectivity index (χ0) is 23.2. The van der Waals surface area contributed by atoms with Crippen LogP contribution < -0.4 is 5.32 Å². The number of rotatable bonds is 8. The number of nitriles is 1. The number of carbonyl (C=O) groups is 2. The van der Waals surface area contributed by atoms with Gasteiger partial charge in [-0.3, -0.25) is 4.79 Å². The standard InChI is InChI=1S/C26H26N4O2S/c1-19-12-13-33-24(19)17-29(16-20-6-3-2-4-7-20)25(31)18-30(23-10-11-23)26(32)28-22-9-5-8-21(14-22)15-27/h2-9,12-14,23H,10-11,16-18H2,1H3,(H,28,32). The van der Waals surface area contributed by atoms with Crippen molar-refractivity contribution in [2.24, 2.45) is 0 Å². The molecule has 0 saturated heterocycles. The van der Waals surface area contributed by atoms with Crippen molar-refractivity contribution in [3.05, 3.63) is 87.6 Å². The highest BCUT2D eigenvalue weighted by Gasteiger charge is 2.35. The third kappa shape index (κ3) is 5.99. The van der Waals surface area contributed by atoms with Crippen LogP contribution >= 0.6 is 11.3 Å². The molecule has 6 nitrogen and oxygen atoms in total. The molecule has 1 aromatic heterocycles. The third-order valence-corrected chi connectivity index (χ3v) is 6.68. The van der Waals surface area contributed by atoms with Crippen LogP contribution in [0.4, 0.5) is 10.5 Å². The number of nitrogens with zero attached hydrogens (tertiary/aromatic N) is 3. The minimum absolute atomic E-state index is 0.0195. The monoisotopic (exact) mass is 458 g/mol. The molecule has 2 aromatic carbocycles. The van der Waals surface area contributed by atoms with Crippen LogP contribution in [0.3, 0.4) is 0 Å². The Hall–Kier alpha value is -3.63. The molecule has 1 aliphatic rings. The summed E-state index contributed by atoms with van der Waals surface area (Å²) in [7, 11) is 0. The highest BCUT2D eigenvalue weighted by molar-refractivity contribution is 7.10. The van der Waals surface area contributed by atoms with Crippen molar-refractivity contribution in [3.63, 3.8) is 0 Å². The number of anilines is 1. The Balaban J connectivity index is 1.49. The number of hydrogen-bond donors (Lipinski definition) is 1. The van der Waals surface area contributed by atoms with Crippen LogP contribution in [-0.4, -0.2) is 34.3 Å². The summed E-state index contributed by atoms with van der Waals surface area (Å²) < 4.78 is 0. The van der Waals surface area contributed by atoms with Crippen molar-refractivity contribution in [2.75, 3.05) is 11.9 Å². The lowest BCUT2D eigenvalue weighted by Crippen LogP contribution is -2.45. The molecular weight excluding hydrogens is 432 g/mol. The summed E-state index contributed by atoms with van der Waals surface area (Å²) in [5.74, 6) is -0.0838. The van der Waals surface area contributed by atoms with Gasteiger partial charge in [-0.25, -0.2) is 4.79 Å². The number of aryl methyl sites for hydroxylation is 1. The van der Waals surface area contributed by atoms with Gasteiger partial charge in [0, 0.05) is 23.2 Å². The van der Waals surface area contributed by atoms with Crippen LogP contribution in [0.1, 0.15) is 34.4 Å². The van der Waals surface area contributed by atoms with Gasteiger partial charge in [0.05, 0.1) is 18.2 Å². The normalized spacial score (nSPS) is 12.6. The van der Waals surface area contributed by atoms with Gasteiger partial charge in [-0.05, 0) is 60.5 Å². The van der Waals surface area contributed by atoms with Crippen LogP contribution in [0.15, 0.2) is 66.0 Å². The van der Waals surface area contributed by atoms with Gasteiger partial charge in [0.25, 0.3) is 0 Å². The van der Waals surface area contributed by atoms with Crippen LogP contribution in [0.5, 0.6) is 0 Å². The molecule has 1 N–H and O–H groups in total. The minimum atomic E-state index is -0.312. The first-order valence-corrected chi connectivity index (χ1v) is 11.8. The van der Waals surface area contributed by atoms with Crippen LogP contribution in [0.25, 0.3) is 0 Å². The van der Waals surface area contributed by atoms with Crippen molar-refractivity contribution in [2.45, 2.75) is 38.9 Å². The van der Waals surface area contributed by atoms with Crippen molar-refractivity contribution >= 4 is 29.0 Å². The smallest absolute Gasteiger partial charge is 0.322 e. The quantitative estimate of drug-likeness (QED) is 0.507. The summed E-state index contributed by atoms with van der Waals surface area (Å²) in [5.41, 5.74) is 3.24. The van der Waals surface area contributed by atoms with Gasteiger partial charge in [-0.2, -0.15) is 5.26 Å². The lowest BCUT2D eigenvalue weighted by Gasteiger charge is -2.28. The third-order valence-electron chi connectivity index (χ3n) is 5.67. The molecule has 168 valence electrons. The first-order valence-electron chi connectivity index (χ1n) is 11.0. The van der Waals surface area contributed by atoms with Gasteiger partial charge in [-0.1, -0.05) is 36.4 Å². The molecule has 3 aromatic rings. The number of nitrogens with one attached hydrogen (secondary N) is 1. The highest BCUT2D eigenvalue weighted by Crippen LogP contribution is 2.28. The Morgan fingerprint density at radius 3 is 2.55 bits per heavy atom. The van der Waals surface area contributed by atoms with E-state index >= 15 is 0 Å². The number of benzene rings is 2. The number of urea groups is 1. The molecule has 33 heavy (non-hydrogen) atoms. The van der Waals surface area contributed by atoms with E-state index in [0.717, 1.165) is 23.3 Å². The number of amides is 3. The SMILES string of the molecule is Cc1ccsc1CN(Cc1ccccc1)C(=O)CN(C(=O)Nc1cccc(C#N)c1)C1CC1. The Kier molecular flexibility index (Phi) is 7.06. The topological polar surface area (TPSA) is 76.4 Å². The lowest BCUT2D eigenvalue weighted by molar-refractivity contribution is -0.133.